The fourth-order valence-corrected chi connectivity index (χ4v) is 3.38. The van der Waals surface area contributed by atoms with Crippen molar-refractivity contribution < 1.29 is 4.74 Å². The van der Waals surface area contributed by atoms with Crippen molar-refractivity contribution in [2.45, 2.75) is 31.7 Å². The van der Waals surface area contributed by atoms with Gasteiger partial charge in [-0.15, -0.1) is 0 Å². The first kappa shape index (κ1) is 12.9. The molecule has 104 valence electrons. The second kappa shape index (κ2) is 5.51. The van der Waals surface area contributed by atoms with E-state index in [0.29, 0.717) is 17.9 Å². The molecule has 3 heteroatoms. The molecule has 2 heterocycles. The van der Waals surface area contributed by atoms with Gasteiger partial charge >= 0.3 is 0 Å². The molecule has 0 saturated carbocycles. The summed E-state index contributed by atoms with van der Waals surface area (Å²) in [6.45, 7) is 6.44. The third-order valence-electron chi connectivity index (χ3n) is 4.56. The molecule has 1 fully saturated rings. The Morgan fingerprint density at radius 2 is 2.26 bits per heavy atom. The number of rotatable bonds is 3. The maximum Gasteiger partial charge on any atom is 0.122 e. The van der Waals surface area contributed by atoms with Gasteiger partial charge in [-0.05, 0) is 38.3 Å². The molecular formula is C16H24N2O. The second-order valence-electron chi connectivity index (χ2n) is 6.07. The normalized spacial score (nSPS) is 28.7. The first-order chi connectivity index (χ1) is 9.24. The minimum atomic E-state index is 0.315. The Morgan fingerprint density at radius 3 is 3.11 bits per heavy atom. The first-order valence-electron chi connectivity index (χ1n) is 7.43. The fourth-order valence-electron chi connectivity index (χ4n) is 3.38. The number of likely N-dealkylation sites (tertiary alicyclic amines) is 1. The molecule has 1 aromatic carbocycles. The number of para-hydroxylation sites is 1. The second-order valence-corrected chi connectivity index (χ2v) is 6.07. The summed E-state index contributed by atoms with van der Waals surface area (Å²) in [6, 6.07) is 8.77. The van der Waals surface area contributed by atoms with Crippen LogP contribution in [0.4, 0.5) is 0 Å². The van der Waals surface area contributed by atoms with Gasteiger partial charge in [-0.2, -0.15) is 0 Å². The molecule has 1 saturated heterocycles. The van der Waals surface area contributed by atoms with Crippen LogP contribution in [0.15, 0.2) is 24.3 Å². The Morgan fingerprint density at radius 1 is 1.42 bits per heavy atom. The molecule has 0 aliphatic carbocycles. The predicted octanol–water partition coefficient (Wildman–Crippen LogP) is 2.22. The Kier molecular flexibility index (Phi) is 3.76. The standard InChI is InChI=1S/C16H24N2O/c1-12(17)13-5-4-8-18(9-13)10-14-11-19-16-7-3-2-6-15(14)16/h2-3,6-7,12-14H,4-5,8-11,17H2,1H3. The number of hydrogen-bond acceptors (Lipinski definition) is 3. The predicted molar refractivity (Wildman–Crippen MR) is 77.5 cm³/mol. The summed E-state index contributed by atoms with van der Waals surface area (Å²) in [6.07, 6.45) is 2.56. The van der Waals surface area contributed by atoms with Crippen LogP contribution in [0.2, 0.25) is 0 Å². The van der Waals surface area contributed by atoms with Crippen molar-refractivity contribution >= 4 is 0 Å². The Bertz CT molecular complexity index is 433. The number of hydrogen-bond donors (Lipinski definition) is 1. The summed E-state index contributed by atoms with van der Waals surface area (Å²) in [5.74, 6) is 2.27. The van der Waals surface area contributed by atoms with E-state index in [0.717, 1.165) is 25.4 Å². The van der Waals surface area contributed by atoms with E-state index in [9.17, 15) is 0 Å². The average molecular weight is 260 g/mol. The van der Waals surface area contributed by atoms with Crippen LogP contribution in [0.25, 0.3) is 0 Å². The minimum absolute atomic E-state index is 0.315. The van der Waals surface area contributed by atoms with Gasteiger partial charge in [0.05, 0.1) is 6.61 Å². The van der Waals surface area contributed by atoms with E-state index < -0.39 is 0 Å². The summed E-state index contributed by atoms with van der Waals surface area (Å²) in [4.78, 5) is 2.58. The number of fused-ring (bicyclic) bond motifs is 1. The van der Waals surface area contributed by atoms with Crippen molar-refractivity contribution in [3.05, 3.63) is 29.8 Å². The zero-order valence-corrected chi connectivity index (χ0v) is 11.7. The van der Waals surface area contributed by atoms with E-state index in [1.807, 2.05) is 6.07 Å². The summed E-state index contributed by atoms with van der Waals surface area (Å²) < 4.78 is 5.78. The zero-order chi connectivity index (χ0) is 13.2. The highest BCUT2D eigenvalue weighted by atomic mass is 16.5. The van der Waals surface area contributed by atoms with Crippen LogP contribution in [-0.2, 0) is 0 Å². The quantitative estimate of drug-likeness (QED) is 0.905. The van der Waals surface area contributed by atoms with E-state index in [4.69, 9.17) is 10.5 Å². The van der Waals surface area contributed by atoms with Gasteiger partial charge in [0.1, 0.15) is 5.75 Å². The summed E-state index contributed by atoms with van der Waals surface area (Å²) >= 11 is 0. The van der Waals surface area contributed by atoms with Crippen molar-refractivity contribution in [1.29, 1.82) is 0 Å². The maximum atomic E-state index is 6.06. The Labute approximate surface area is 115 Å². The largest absolute Gasteiger partial charge is 0.493 e. The molecule has 2 aliphatic heterocycles. The van der Waals surface area contributed by atoms with Crippen LogP contribution >= 0.6 is 0 Å². The van der Waals surface area contributed by atoms with E-state index in [1.165, 1.54) is 24.9 Å². The van der Waals surface area contributed by atoms with E-state index in [2.05, 4.69) is 30.0 Å². The molecule has 3 nitrogen and oxygen atoms in total. The van der Waals surface area contributed by atoms with Gasteiger partial charge in [-0.3, -0.25) is 0 Å². The van der Waals surface area contributed by atoms with Crippen LogP contribution in [0.5, 0.6) is 5.75 Å². The van der Waals surface area contributed by atoms with Gasteiger partial charge in [0.25, 0.3) is 0 Å². The number of ether oxygens (including phenoxy) is 1. The summed E-state index contributed by atoms with van der Waals surface area (Å²) in [7, 11) is 0. The topological polar surface area (TPSA) is 38.5 Å². The minimum Gasteiger partial charge on any atom is -0.493 e. The number of nitrogens with two attached hydrogens (primary N) is 1. The lowest BCUT2D eigenvalue weighted by atomic mass is 9.91. The molecule has 19 heavy (non-hydrogen) atoms. The highest BCUT2D eigenvalue weighted by molar-refractivity contribution is 5.39. The molecular weight excluding hydrogens is 236 g/mol. The smallest absolute Gasteiger partial charge is 0.122 e. The van der Waals surface area contributed by atoms with E-state index >= 15 is 0 Å². The van der Waals surface area contributed by atoms with Gasteiger partial charge in [-0.1, -0.05) is 18.2 Å². The highest BCUT2D eigenvalue weighted by Crippen LogP contribution is 2.34. The molecule has 0 amide bonds. The van der Waals surface area contributed by atoms with Gasteiger partial charge < -0.3 is 15.4 Å². The molecule has 2 aliphatic rings. The maximum absolute atomic E-state index is 6.06. The van der Waals surface area contributed by atoms with Crippen LogP contribution in [-0.4, -0.2) is 37.2 Å². The van der Waals surface area contributed by atoms with Crippen molar-refractivity contribution in [2.24, 2.45) is 11.7 Å². The lowest BCUT2D eigenvalue weighted by Crippen LogP contribution is -2.43. The number of piperidine rings is 1. The Balaban J connectivity index is 1.63. The van der Waals surface area contributed by atoms with Crippen molar-refractivity contribution in [3.63, 3.8) is 0 Å². The van der Waals surface area contributed by atoms with Crippen LogP contribution in [0.1, 0.15) is 31.2 Å². The van der Waals surface area contributed by atoms with Crippen molar-refractivity contribution in [3.8, 4) is 5.75 Å². The van der Waals surface area contributed by atoms with Gasteiger partial charge in [0.15, 0.2) is 0 Å². The molecule has 3 rings (SSSR count). The molecule has 1 aromatic rings. The number of nitrogens with zero attached hydrogens (tertiary/aromatic N) is 1. The SMILES string of the molecule is CC(N)C1CCCN(CC2COc3ccccc32)C1. The van der Waals surface area contributed by atoms with Crippen molar-refractivity contribution in [2.75, 3.05) is 26.2 Å². The van der Waals surface area contributed by atoms with Crippen LogP contribution in [0.3, 0.4) is 0 Å². The average Bonchev–Trinajstić information content (AvgIpc) is 2.83. The molecule has 3 atom stereocenters. The third-order valence-corrected chi connectivity index (χ3v) is 4.56. The van der Waals surface area contributed by atoms with Gasteiger partial charge in [-0.25, -0.2) is 0 Å². The van der Waals surface area contributed by atoms with Gasteiger partial charge in [0.2, 0.25) is 0 Å². The first-order valence-corrected chi connectivity index (χ1v) is 7.43. The van der Waals surface area contributed by atoms with E-state index in [-0.39, 0.29) is 0 Å². The number of benzene rings is 1. The van der Waals surface area contributed by atoms with Crippen molar-refractivity contribution in [1.82, 2.24) is 4.90 Å². The highest BCUT2D eigenvalue weighted by Gasteiger charge is 2.29. The Hall–Kier alpha value is -1.06. The zero-order valence-electron chi connectivity index (χ0n) is 11.7. The third kappa shape index (κ3) is 2.77. The molecule has 0 spiro atoms. The van der Waals surface area contributed by atoms with E-state index in [1.54, 1.807) is 0 Å². The molecule has 0 aromatic heterocycles. The van der Waals surface area contributed by atoms with Gasteiger partial charge in [0, 0.05) is 30.6 Å². The van der Waals surface area contributed by atoms with Crippen LogP contribution in [0, 0.1) is 5.92 Å². The lowest BCUT2D eigenvalue weighted by molar-refractivity contribution is 0.147. The molecule has 0 bridgehead atoms. The fraction of sp³-hybridized carbons (Fsp3) is 0.625. The summed E-state index contributed by atoms with van der Waals surface area (Å²) in [5, 5.41) is 0. The summed E-state index contributed by atoms with van der Waals surface area (Å²) in [5.41, 5.74) is 7.44. The molecule has 3 unspecified atom stereocenters. The van der Waals surface area contributed by atoms with Crippen LogP contribution < -0.4 is 10.5 Å². The molecule has 2 N–H and O–H groups in total. The lowest BCUT2D eigenvalue weighted by Gasteiger charge is -2.35. The molecule has 0 radical (unpaired) electrons. The monoisotopic (exact) mass is 260 g/mol.